The summed E-state index contributed by atoms with van der Waals surface area (Å²) in [4.78, 5) is 12.2. The molecule has 1 aliphatic rings. The van der Waals surface area contributed by atoms with Crippen LogP contribution in [-0.4, -0.2) is 26.7 Å². The molecule has 1 atom stereocenters. The molecule has 0 spiro atoms. The van der Waals surface area contributed by atoms with Crippen LogP contribution in [0.4, 0.5) is 4.39 Å². The fourth-order valence-corrected chi connectivity index (χ4v) is 2.77. The molecule has 1 fully saturated rings. The van der Waals surface area contributed by atoms with Gasteiger partial charge in [-0.1, -0.05) is 25.0 Å². The summed E-state index contributed by atoms with van der Waals surface area (Å²) >= 11 is 0. The van der Waals surface area contributed by atoms with E-state index in [1.54, 1.807) is 18.2 Å². The average Bonchev–Trinajstić information content (AvgIpc) is 3.31. The van der Waals surface area contributed by atoms with Gasteiger partial charge in [-0.25, -0.2) is 4.39 Å². The molecule has 0 aromatic heterocycles. The van der Waals surface area contributed by atoms with Crippen molar-refractivity contribution >= 4 is 5.97 Å². The lowest BCUT2D eigenvalue weighted by atomic mass is 9.77. The highest BCUT2D eigenvalue weighted by Crippen LogP contribution is 2.43. The predicted octanol–water partition coefficient (Wildman–Crippen LogP) is 2.29. The molecule has 21 heavy (non-hydrogen) atoms. The molecule has 0 bridgehead atoms. The molecule has 1 aromatic carbocycles. The largest absolute Gasteiger partial charge is 0.494 e. The Morgan fingerprint density at radius 3 is 2.67 bits per heavy atom. The van der Waals surface area contributed by atoms with Crippen molar-refractivity contribution in [1.82, 2.24) is 0 Å². The third-order valence-corrected chi connectivity index (χ3v) is 4.18. The number of carbonyl (C=O) groups excluding carboxylic acids is 1. The van der Waals surface area contributed by atoms with Crippen LogP contribution in [-0.2, 0) is 16.0 Å². The van der Waals surface area contributed by atoms with Crippen molar-refractivity contribution in [2.45, 2.75) is 25.7 Å². The Hall–Kier alpha value is -1.62. The van der Waals surface area contributed by atoms with E-state index in [1.165, 1.54) is 14.2 Å². The van der Waals surface area contributed by atoms with E-state index in [9.17, 15) is 9.18 Å². The van der Waals surface area contributed by atoms with E-state index in [1.807, 2.05) is 0 Å². The molecule has 1 saturated carbocycles. The molecule has 0 saturated heterocycles. The zero-order chi connectivity index (χ0) is 15.5. The van der Waals surface area contributed by atoms with Crippen LogP contribution in [0.25, 0.3) is 0 Å². The van der Waals surface area contributed by atoms with Gasteiger partial charge in [0, 0.05) is 6.54 Å². The van der Waals surface area contributed by atoms with Crippen LogP contribution >= 0.6 is 0 Å². The molecule has 1 aliphatic carbocycles. The standard InChI is InChI=1S/C16H22FNO3/c1-20-13-5-3-4-12(14(13)17)9-16(10-18,15(19)21-2)8-11-6-7-11/h3-5,11H,6-10,18H2,1-2H3. The minimum atomic E-state index is -0.858. The van der Waals surface area contributed by atoms with E-state index in [0.717, 1.165) is 12.8 Å². The highest BCUT2D eigenvalue weighted by molar-refractivity contribution is 5.77. The lowest BCUT2D eigenvalue weighted by molar-refractivity contribution is -0.153. The second-order valence-corrected chi connectivity index (χ2v) is 5.73. The third kappa shape index (κ3) is 3.35. The van der Waals surface area contributed by atoms with Gasteiger partial charge < -0.3 is 15.2 Å². The Labute approximate surface area is 124 Å². The molecular formula is C16H22FNO3. The molecule has 0 heterocycles. The van der Waals surface area contributed by atoms with Crippen LogP contribution in [0, 0.1) is 17.2 Å². The molecule has 1 aromatic rings. The molecule has 116 valence electrons. The van der Waals surface area contributed by atoms with Crippen molar-refractivity contribution in [3.05, 3.63) is 29.6 Å². The number of nitrogens with two attached hydrogens (primary N) is 1. The van der Waals surface area contributed by atoms with E-state index in [0.29, 0.717) is 17.9 Å². The van der Waals surface area contributed by atoms with Crippen molar-refractivity contribution < 1.29 is 18.7 Å². The number of methoxy groups -OCH3 is 2. The average molecular weight is 295 g/mol. The minimum Gasteiger partial charge on any atom is -0.494 e. The predicted molar refractivity (Wildman–Crippen MR) is 77.5 cm³/mol. The zero-order valence-electron chi connectivity index (χ0n) is 12.5. The van der Waals surface area contributed by atoms with E-state index in [-0.39, 0.29) is 24.7 Å². The topological polar surface area (TPSA) is 61.5 Å². The zero-order valence-corrected chi connectivity index (χ0v) is 12.5. The van der Waals surface area contributed by atoms with Crippen molar-refractivity contribution in [3.63, 3.8) is 0 Å². The summed E-state index contributed by atoms with van der Waals surface area (Å²) in [6.45, 7) is 0.146. The molecular weight excluding hydrogens is 273 g/mol. The lowest BCUT2D eigenvalue weighted by Gasteiger charge is -2.30. The monoisotopic (exact) mass is 295 g/mol. The summed E-state index contributed by atoms with van der Waals surface area (Å²) in [6, 6.07) is 4.94. The Morgan fingerprint density at radius 1 is 1.43 bits per heavy atom. The SMILES string of the molecule is COC(=O)C(CN)(Cc1cccc(OC)c1F)CC1CC1. The Balaban J connectivity index is 2.31. The normalized spacial score (nSPS) is 17.1. The fraction of sp³-hybridized carbons (Fsp3) is 0.562. The molecule has 2 rings (SSSR count). The molecule has 0 radical (unpaired) electrons. The van der Waals surface area contributed by atoms with Crippen LogP contribution < -0.4 is 10.5 Å². The van der Waals surface area contributed by atoms with Gasteiger partial charge >= 0.3 is 5.97 Å². The number of esters is 1. The van der Waals surface area contributed by atoms with Crippen LogP contribution in [0.1, 0.15) is 24.8 Å². The summed E-state index contributed by atoms with van der Waals surface area (Å²) in [5, 5.41) is 0. The molecule has 0 aliphatic heterocycles. The van der Waals surface area contributed by atoms with Gasteiger partial charge in [0.05, 0.1) is 19.6 Å². The highest BCUT2D eigenvalue weighted by Gasteiger charge is 2.43. The second-order valence-electron chi connectivity index (χ2n) is 5.73. The highest BCUT2D eigenvalue weighted by atomic mass is 19.1. The van der Waals surface area contributed by atoms with E-state index >= 15 is 0 Å². The van der Waals surface area contributed by atoms with Crippen molar-refractivity contribution in [1.29, 1.82) is 0 Å². The number of hydrogen-bond acceptors (Lipinski definition) is 4. The summed E-state index contributed by atoms with van der Waals surface area (Å²) < 4.78 is 24.3. The van der Waals surface area contributed by atoms with Gasteiger partial charge in [0.25, 0.3) is 0 Å². The molecule has 5 heteroatoms. The van der Waals surface area contributed by atoms with Gasteiger partial charge in [-0.15, -0.1) is 0 Å². The van der Waals surface area contributed by atoms with Gasteiger partial charge in [-0.3, -0.25) is 4.79 Å². The lowest BCUT2D eigenvalue weighted by Crippen LogP contribution is -2.42. The number of halogens is 1. The number of ether oxygens (including phenoxy) is 2. The van der Waals surface area contributed by atoms with Gasteiger partial charge in [-0.2, -0.15) is 0 Å². The van der Waals surface area contributed by atoms with Gasteiger partial charge in [0.15, 0.2) is 11.6 Å². The smallest absolute Gasteiger partial charge is 0.313 e. The number of benzene rings is 1. The van der Waals surface area contributed by atoms with Crippen LogP contribution in [0.3, 0.4) is 0 Å². The van der Waals surface area contributed by atoms with E-state index < -0.39 is 11.2 Å². The van der Waals surface area contributed by atoms with Crippen molar-refractivity contribution in [3.8, 4) is 5.75 Å². The number of rotatable bonds is 7. The summed E-state index contributed by atoms with van der Waals surface area (Å²) in [5.41, 5.74) is 5.45. The Bertz CT molecular complexity index is 516. The summed E-state index contributed by atoms with van der Waals surface area (Å²) in [5.74, 6) is -0.132. The maximum Gasteiger partial charge on any atom is 0.313 e. The number of carbonyl (C=O) groups is 1. The van der Waals surface area contributed by atoms with Gasteiger partial charge in [0.1, 0.15) is 0 Å². The number of hydrogen-bond donors (Lipinski definition) is 1. The van der Waals surface area contributed by atoms with Crippen LogP contribution in [0.5, 0.6) is 5.75 Å². The first-order chi connectivity index (χ1) is 10.1. The van der Waals surface area contributed by atoms with Crippen LogP contribution in [0.2, 0.25) is 0 Å². The van der Waals surface area contributed by atoms with Gasteiger partial charge in [-0.05, 0) is 30.4 Å². The third-order valence-electron chi connectivity index (χ3n) is 4.18. The Morgan fingerprint density at radius 2 is 2.14 bits per heavy atom. The second kappa shape index (κ2) is 6.43. The van der Waals surface area contributed by atoms with E-state index in [4.69, 9.17) is 15.2 Å². The summed E-state index contributed by atoms with van der Waals surface area (Å²) in [7, 11) is 2.77. The maximum atomic E-state index is 14.3. The van der Waals surface area contributed by atoms with Crippen molar-refractivity contribution in [2.75, 3.05) is 20.8 Å². The van der Waals surface area contributed by atoms with Crippen LogP contribution in [0.15, 0.2) is 18.2 Å². The molecule has 2 N–H and O–H groups in total. The summed E-state index contributed by atoms with van der Waals surface area (Å²) in [6.07, 6.45) is 3.07. The first kappa shape index (κ1) is 15.8. The van der Waals surface area contributed by atoms with E-state index in [2.05, 4.69) is 0 Å². The fourth-order valence-electron chi connectivity index (χ4n) is 2.77. The Kier molecular flexibility index (Phi) is 4.83. The first-order valence-corrected chi connectivity index (χ1v) is 7.16. The minimum absolute atomic E-state index is 0.146. The molecule has 4 nitrogen and oxygen atoms in total. The molecule has 1 unspecified atom stereocenters. The maximum absolute atomic E-state index is 14.3. The first-order valence-electron chi connectivity index (χ1n) is 7.16. The van der Waals surface area contributed by atoms with Gasteiger partial charge in [0.2, 0.25) is 0 Å². The quantitative estimate of drug-likeness (QED) is 0.784. The van der Waals surface area contributed by atoms with Crippen molar-refractivity contribution in [2.24, 2.45) is 17.1 Å². The molecule has 0 amide bonds.